The molecule has 2 heterocycles. The zero-order valence-corrected chi connectivity index (χ0v) is 10.5. The van der Waals surface area contributed by atoms with Gasteiger partial charge < -0.3 is 19.4 Å². The molecule has 1 saturated carbocycles. The average molecular weight is 276 g/mol. The first-order valence-corrected chi connectivity index (χ1v) is 6.20. The van der Waals surface area contributed by atoms with Crippen molar-refractivity contribution < 1.29 is 23.6 Å². The number of carbonyl (C=O) groups is 2. The predicted octanol–water partition coefficient (Wildman–Crippen LogP) is 1.77. The summed E-state index contributed by atoms with van der Waals surface area (Å²) in [5.74, 6) is -0.191. The molecule has 2 N–H and O–H groups in total. The average Bonchev–Trinajstić information content (AvgIpc) is 2.98. The maximum absolute atomic E-state index is 11.8. The highest BCUT2D eigenvalue weighted by Crippen LogP contribution is 2.40. The number of furan rings is 1. The lowest BCUT2D eigenvalue weighted by molar-refractivity contribution is 0.0660. The van der Waals surface area contributed by atoms with Gasteiger partial charge >= 0.3 is 5.97 Å². The van der Waals surface area contributed by atoms with Crippen molar-refractivity contribution in [2.24, 2.45) is 0 Å². The van der Waals surface area contributed by atoms with E-state index in [9.17, 15) is 9.59 Å². The van der Waals surface area contributed by atoms with Crippen molar-refractivity contribution in [2.45, 2.75) is 25.3 Å². The molecule has 0 aliphatic heterocycles. The van der Waals surface area contributed by atoms with Gasteiger partial charge in [-0.2, -0.15) is 0 Å². The molecule has 1 amide bonds. The molecule has 0 radical (unpaired) electrons. The van der Waals surface area contributed by atoms with Crippen LogP contribution in [-0.2, 0) is 6.54 Å². The Bertz CT molecular complexity index is 653. The first-order valence-electron chi connectivity index (χ1n) is 6.20. The molecule has 0 unspecified atom stereocenters. The third-order valence-electron chi connectivity index (χ3n) is 3.04. The van der Waals surface area contributed by atoms with Crippen LogP contribution < -0.4 is 5.32 Å². The summed E-state index contributed by atoms with van der Waals surface area (Å²) < 4.78 is 10.1. The van der Waals surface area contributed by atoms with Gasteiger partial charge in [-0.1, -0.05) is 5.16 Å². The lowest BCUT2D eigenvalue weighted by atomic mass is 10.3. The minimum absolute atomic E-state index is 0.0950. The molecular formula is C13H12N2O5. The van der Waals surface area contributed by atoms with Gasteiger partial charge in [0.2, 0.25) is 5.76 Å². The Hall–Kier alpha value is -2.57. The first kappa shape index (κ1) is 12.5. The number of hydrogen-bond donors (Lipinski definition) is 2. The Balaban J connectivity index is 1.58. The molecule has 1 fully saturated rings. The first-order chi connectivity index (χ1) is 9.63. The largest absolute Gasteiger partial charge is 0.475 e. The van der Waals surface area contributed by atoms with Gasteiger partial charge in [0, 0.05) is 12.0 Å². The number of carbonyl (C=O) groups excluding carboxylic acids is 1. The lowest BCUT2D eigenvalue weighted by Crippen LogP contribution is -2.22. The number of rotatable bonds is 5. The zero-order chi connectivity index (χ0) is 14.1. The number of aromatic carboxylic acids is 1. The maximum Gasteiger partial charge on any atom is 0.371 e. The molecule has 1 aliphatic rings. The van der Waals surface area contributed by atoms with Gasteiger partial charge in [-0.15, -0.1) is 0 Å². The van der Waals surface area contributed by atoms with Crippen molar-refractivity contribution in [3.05, 3.63) is 41.2 Å². The highest BCUT2D eigenvalue weighted by atomic mass is 16.5. The minimum atomic E-state index is -1.15. The van der Waals surface area contributed by atoms with Crippen molar-refractivity contribution in [1.29, 1.82) is 0 Å². The van der Waals surface area contributed by atoms with Crippen LogP contribution in [0.15, 0.2) is 27.1 Å². The summed E-state index contributed by atoms with van der Waals surface area (Å²) in [5.41, 5.74) is 0.219. The number of aromatic nitrogens is 1. The summed E-state index contributed by atoms with van der Waals surface area (Å²) in [6, 6.07) is 4.48. The molecule has 0 spiro atoms. The number of carboxylic acid groups (broad SMARTS) is 1. The fourth-order valence-corrected chi connectivity index (χ4v) is 1.80. The molecular weight excluding hydrogens is 264 g/mol. The van der Waals surface area contributed by atoms with Crippen LogP contribution in [0.5, 0.6) is 0 Å². The summed E-state index contributed by atoms with van der Waals surface area (Å²) in [4.78, 5) is 22.5. The number of nitrogens with one attached hydrogen (secondary N) is 1. The zero-order valence-electron chi connectivity index (χ0n) is 10.5. The van der Waals surface area contributed by atoms with Crippen LogP contribution in [0, 0.1) is 0 Å². The van der Waals surface area contributed by atoms with E-state index in [1.165, 1.54) is 12.1 Å². The van der Waals surface area contributed by atoms with E-state index in [0.29, 0.717) is 11.7 Å². The van der Waals surface area contributed by atoms with Gasteiger partial charge in [0.1, 0.15) is 11.5 Å². The van der Waals surface area contributed by atoms with Crippen LogP contribution in [0.4, 0.5) is 0 Å². The van der Waals surface area contributed by atoms with Crippen LogP contribution in [0.3, 0.4) is 0 Å². The summed E-state index contributed by atoms with van der Waals surface area (Å²) >= 11 is 0. The van der Waals surface area contributed by atoms with Gasteiger partial charge in [0.15, 0.2) is 5.69 Å². The van der Waals surface area contributed by atoms with E-state index in [2.05, 4.69) is 10.5 Å². The van der Waals surface area contributed by atoms with Crippen molar-refractivity contribution in [3.63, 3.8) is 0 Å². The third-order valence-corrected chi connectivity index (χ3v) is 3.04. The van der Waals surface area contributed by atoms with E-state index in [1.54, 1.807) is 6.07 Å². The van der Waals surface area contributed by atoms with Crippen LogP contribution >= 0.6 is 0 Å². The summed E-state index contributed by atoms with van der Waals surface area (Å²) in [6.07, 6.45) is 2.14. The number of hydrogen-bond acceptors (Lipinski definition) is 5. The van der Waals surface area contributed by atoms with Gasteiger partial charge in [0.25, 0.3) is 5.91 Å². The summed E-state index contributed by atoms with van der Waals surface area (Å²) in [5, 5.41) is 15.0. The molecule has 2 aromatic heterocycles. The number of nitrogens with zero attached hydrogens (tertiary/aromatic N) is 1. The molecule has 104 valence electrons. The number of amides is 1. The maximum atomic E-state index is 11.8. The van der Waals surface area contributed by atoms with E-state index in [4.69, 9.17) is 14.0 Å². The van der Waals surface area contributed by atoms with Crippen LogP contribution in [0.25, 0.3) is 0 Å². The highest BCUT2D eigenvalue weighted by Gasteiger charge is 2.28. The topological polar surface area (TPSA) is 106 Å². The van der Waals surface area contributed by atoms with Gasteiger partial charge in [-0.25, -0.2) is 4.79 Å². The summed E-state index contributed by atoms with van der Waals surface area (Å²) in [7, 11) is 0. The van der Waals surface area contributed by atoms with E-state index in [0.717, 1.165) is 18.6 Å². The Morgan fingerprint density at radius 3 is 2.85 bits per heavy atom. The van der Waals surface area contributed by atoms with Gasteiger partial charge in [0.05, 0.1) is 6.54 Å². The van der Waals surface area contributed by atoms with E-state index in [-0.39, 0.29) is 23.9 Å². The van der Waals surface area contributed by atoms with Crippen LogP contribution in [0.2, 0.25) is 0 Å². The number of carboxylic acids is 1. The second kappa shape index (κ2) is 4.84. The van der Waals surface area contributed by atoms with E-state index in [1.807, 2.05) is 0 Å². The molecule has 0 atom stereocenters. The predicted molar refractivity (Wildman–Crippen MR) is 65.3 cm³/mol. The molecule has 0 aromatic carbocycles. The molecule has 7 heteroatoms. The lowest BCUT2D eigenvalue weighted by Gasteiger charge is -1.99. The molecule has 0 saturated heterocycles. The van der Waals surface area contributed by atoms with E-state index < -0.39 is 5.97 Å². The minimum Gasteiger partial charge on any atom is -0.475 e. The Morgan fingerprint density at radius 1 is 1.40 bits per heavy atom. The van der Waals surface area contributed by atoms with Gasteiger partial charge in [-0.3, -0.25) is 4.79 Å². The molecule has 20 heavy (non-hydrogen) atoms. The van der Waals surface area contributed by atoms with Crippen molar-refractivity contribution in [3.8, 4) is 0 Å². The fourth-order valence-electron chi connectivity index (χ4n) is 1.80. The summed E-state index contributed by atoms with van der Waals surface area (Å²) in [6.45, 7) is 0.0950. The molecule has 1 aliphatic carbocycles. The molecule has 2 aromatic rings. The monoisotopic (exact) mass is 276 g/mol. The van der Waals surface area contributed by atoms with Gasteiger partial charge in [-0.05, 0) is 25.0 Å². The van der Waals surface area contributed by atoms with Crippen LogP contribution in [0.1, 0.15) is 51.3 Å². The Morgan fingerprint density at radius 2 is 2.20 bits per heavy atom. The third kappa shape index (κ3) is 2.56. The fraction of sp³-hybridized carbons (Fsp3) is 0.308. The standard InChI is InChI=1S/C13H12N2O5/c16-12(9-5-11(20-15-9)7-1-2-7)14-6-8-3-4-10(19-8)13(17)18/h3-5,7H,1-2,6H2,(H,14,16)(H,17,18). The molecule has 0 bridgehead atoms. The molecule has 3 rings (SSSR count). The highest BCUT2D eigenvalue weighted by molar-refractivity contribution is 5.92. The van der Waals surface area contributed by atoms with Crippen molar-refractivity contribution in [2.75, 3.05) is 0 Å². The second-order valence-electron chi connectivity index (χ2n) is 4.64. The van der Waals surface area contributed by atoms with Crippen LogP contribution in [-0.4, -0.2) is 22.1 Å². The van der Waals surface area contributed by atoms with E-state index >= 15 is 0 Å². The van der Waals surface area contributed by atoms with Crippen molar-refractivity contribution in [1.82, 2.24) is 10.5 Å². The Labute approximate surface area is 113 Å². The SMILES string of the molecule is O=C(NCc1ccc(C(=O)O)o1)c1cc(C2CC2)on1. The van der Waals surface area contributed by atoms with Crippen molar-refractivity contribution >= 4 is 11.9 Å². The second-order valence-corrected chi connectivity index (χ2v) is 4.64. The quantitative estimate of drug-likeness (QED) is 0.862. The molecule has 7 nitrogen and oxygen atoms in total. The Kier molecular flexibility index (Phi) is 3.02. The smallest absolute Gasteiger partial charge is 0.371 e. The normalized spacial score (nSPS) is 14.2.